The number of alkyl halides is 6. The Morgan fingerprint density at radius 2 is 1.67 bits per heavy atom. The molecule has 3 heterocycles. The van der Waals surface area contributed by atoms with Crippen molar-refractivity contribution in [1.29, 1.82) is 0 Å². The molecule has 6 rings (SSSR count). The lowest BCUT2D eigenvalue weighted by Gasteiger charge is -2.50. The Hall–Kier alpha value is -2.79. The van der Waals surface area contributed by atoms with Crippen LogP contribution in [0.5, 0.6) is 5.75 Å². The van der Waals surface area contributed by atoms with E-state index in [1.807, 2.05) is 23.1 Å². The molecule has 5 atom stereocenters. The highest BCUT2D eigenvalue weighted by atomic mass is 19.4. The van der Waals surface area contributed by atoms with E-state index in [0.717, 1.165) is 42.6 Å². The largest absolute Gasteiger partial charge is 0.490 e. The number of aryl methyl sites for hydroxylation is 1. The second kappa shape index (κ2) is 11.3. The fraction of sp³-hybridized carbons (Fsp3) is 0.594. The van der Waals surface area contributed by atoms with Crippen molar-refractivity contribution in [2.75, 3.05) is 26.3 Å². The van der Waals surface area contributed by atoms with Gasteiger partial charge in [0.1, 0.15) is 11.9 Å². The van der Waals surface area contributed by atoms with Crippen molar-refractivity contribution in [3.05, 3.63) is 64.2 Å². The Balaban J connectivity index is 1.20. The number of hydrogen-bond acceptors (Lipinski definition) is 4. The number of carboxylic acid groups (broad SMARTS) is 1. The van der Waals surface area contributed by atoms with Crippen molar-refractivity contribution in [2.24, 2.45) is 29.6 Å². The zero-order valence-corrected chi connectivity index (χ0v) is 23.8. The first-order valence-electron chi connectivity index (χ1n) is 14.9. The van der Waals surface area contributed by atoms with E-state index in [-0.39, 0.29) is 41.9 Å². The van der Waals surface area contributed by atoms with E-state index in [4.69, 9.17) is 9.47 Å². The number of fused-ring (bicyclic) bond motifs is 3. The highest BCUT2D eigenvalue weighted by Gasteiger charge is 2.47. The van der Waals surface area contributed by atoms with Gasteiger partial charge in [0.15, 0.2) is 0 Å². The predicted molar refractivity (Wildman–Crippen MR) is 144 cm³/mol. The lowest BCUT2D eigenvalue weighted by atomic mass is 9.71. The lowest BCUT2D eigenvalue weighted by Crippen LogP contribution is -2.57. The summed E-state index contributed by atoms with van der Waals surface area (Å²) >= 11 is 0. The maximum Gasteiger partial charge on any atom is 0.416 e. The van der Waals surface area contributed by atoms with E-state index in [9.17, 15) is 36.2 Å². The Kier molecular flexibility index (Phi) is 7.94. The molecule has 234 valence electrons. The van der Waals surface area contributed by atoms with E-state index in [2.05, 4.69) is 0 Å². The van der Waals surface area contributed by atoms with Crippen molar-refractivity contribution in [3.63, 3.8) is 0 Å². The first-order chi connectivity index (χ1) is 20.3. The normalized spacial score (nSPS) is 27.6. The van der Waals surface area contributed by atoms with Gasteiger partial charge in [0, 0.05) is 37.4 Å². The molecule has 5 nitrogen and oxygen atoms in total. The maximum absolute atomic E-state index is 13.7. The lowest BCUT2D eigenvalue weighted by molar-refractivity contribution is -0.142. The van der Waals surface area contributed by atoms with Gasteiger partial charge in [0.2, 0.25) is 0 Å². The van der Waals surface area contributed by atoms with Crippen LogP contribution < -0.4 is 4.74 Å². The molecule has 4 unspecified atom stereocenters. The number of benzene rings is 2. The molecule has 0 radical (unpaired) electrons. The van der Waals surface area contributed by atoms with E-state index < -0.39 is 35.4 Å². The second-order valence-corrected chi connectivity index (χ2v) is 12.7. The molecular formula is C32H35F6NO4. The Morgan fingerprint density at radius 3 is 2.28 bits per heavy atom. The van der Waals surface area contributed by atoms with Crippen LogP contribution in [0.4, 0.5) is 26.3 Å². The fourth-order valence-electron chi connectivity index (χ4n) is 7.68. The number of piperidine rings is 1. The molecule has 0 amide bonds. The summed E-state index contributed by atoms with van der Waals surface area (Å²) in [4.78, 5) is 13.6. The standard InChI is InChI=1S/C32H35F6NO4/c1-17(30(40)41)28(19-3-4-19)20-5-2-18-6-9-26(43-27(18)11-20)29-22-13-39(14-23(29)16-42-15-22)12-21-10-24(31(33,34)35)7-8-25(21)32(36,37)38/h2,5,7-8,10-11,17,19,22-23,26,28-29H,3-4,6,9,12-16H2,1H3,(H,40,41)/t17-,22?,23?,26?,28?,29?/m0/s1. The van der Waals surface area contributed by atoms with Gasteiger partial charge in [-0.15, -0.1) is 0 Å². The second-order valence-electron chi connectivity index (χ2n) is 12.7. The van der Waals surface area contributed by atoms with Gasteiger partial charge in [-0.25, -0.2) is 0 Å². The average molecular weight is 612 g/mol. The highest BCUT2D eigenvalue weighted by molar-refractivity contribution is 5.71. The van der Waals surface area contributed by atoms with Gasteiger partial charge in [0.25, 0.3) is 0 Å². The van der Waals surface area contributed by atoms with Crippen LogP contribution in [0.3, 0.4) is 0 Å². The molecular weight excluding hydrogens is 576 g/mol. The zero-order chi connectivity index (χ0) is 30.7. The predicted octanol–water partition coefficient (Wildman–Crippen LogP) is 7.03. The van der Waals surface area contributed by atoms with Crippen molar-refractivity contribution >= 4 is 5.97 Å². The number of hydrogen-bond donors (Lipinski definition) is 1. The fourth-order valence-corrected chi connectivity index (χ4v) is 7.68. The number of ether oxygens (including phenoxy) is 2. The molecule has 1 saturated carbocycles. The third-order valence-corrected chi connectivity index (χ3v) is 9.81. The smallest absolute Gasteiger partial charge is 0.416 e. The number of carboxylic acids is 1. The van der Waals surface area contributed by atoms with E-state index in [1.165, 1.54) is 0 Å². The molecule has 2 saturated heterocycles. The van der Waals surface area contributed by atoms with Gasteiger partial charge < -0.3 is 14.6 Å². The number of nitrogens with zero attached hydrogens (tertiary/aromatic N) is 1. The minimum Gasteiger partial charge on any atom is -0.490 e. The first-order valence-corrected chi connectivity index (χ1v) is 14.9. The summed E-state index contributed by atoms with van der Waals surface area (Å²) in [6.07, 6.45) is -6.06. The molecule has 2 aromatic carbocycles. The third kappa shape index (κ3) is 6.25. The molecule has 11 heteroatoms. The van der Waals surface area contributed by atoms with Crippen LogP contribution in [0.15, 0.2) is 36.4 Å². The van der Waals surface area contributed by atoms with Crippen LogP contribution in [-0.4, -0.2) is 48.4 Å². The summed E-state index contributed by atoms with van der Waals surface area (Å²) in [5.74, 6) is -0.317. The summed E-state index contributed by atoms with van der Waals surface area (Å²) in [6, 6.07) is 7.69. The Bertz CT molecular complexity index is 1340. The van der Waals surface area contributed by atoms with E-state index >= 15 is 0 Å². The van der Waals surface area contributed by atoms with Gasteiger partial charge in [-0.05, 0) is 78.5 Å². The molecule has 1 aliphatic carbocycles. The molecule has 2 aromatic rings. The Labute approximate surface area is 246 Å². The third-order valence-electron chi connectivity index (χ3n) is 9.81. The van der Waals surface area contributed by atoms with Crippen LogP contribution in [-0.2, 0) is 34.8 Å². The quantitative estimate of drug-likeness (QED) is 0.341. The van der Waals surface area contributed by atoms with E-state index in [0.29, 0.717) is 50.4 Å². The molecule has 1 N–H and O–H groups in total. The summed E-state index contributed by atoms with van der Waals surface area (Å²) in [5, 5.41) is 9.70. The van der Waals surface area contributed by atoms with Gasteiger partial charge in [-0.1, -0.05) is 19.1 Å². The molecule has 3 fully saturated rings. The van der Waals surface area contributed by atoms with Crippen molar-refractivity contribution in [1.82, 2.24) is 4.90 Å². The molecule has 3 aliphatic heterocycles. The Morgan fingerprint density at radius 1 is 0.977 bits per heavy atom. The molecule has 4 aliphatic rings. The molecule has 43 heavy (non-hydrogen) atoms. The van der Waals surface area contributed by atoms with Crippen LogP contribution in [0, 0.1) is 29.6 Å². The van der Waals surface area contributed by atoms with Gasteiger partial charge >= 0.3 is 18.3 Å². The number of carbonyl (C=O) groups is 1. The van der Waals surface area contributed by atoms with Crippen LogP contribution in [0.2, 0.25) is 0 Å². The minimum absolute atomic E-state index is 0.0476. The number of likely N-dealkylation sites (tertiary alicyclic amines) is 1. The van der Waals surface area contributed by atoms with Crippen LogP contribution in [0.1, 0.15) is 59.9 Å². The van der Waals surface area contributed by atoms with Crippen molar-refractivity contribution < 1.29 is 45.7 Å². The molecule has 2 bridgehead atoms. The van der Waals surface area contributed by atoms with Crippen molar-refractivity contribution in [3.8, 4) is 5.75 Å². The van der Waals surface area contributed by atoms with Gasteiger partial charge in [-0.2, -0.15) is 26.3 Å². The number of rotatable bonds is 7. The number of aliphatic carboxylic acids is 1. The summed E-state index contributed by atoms with van der Waals surface area (Å²) in [5.41, 5.74) is -0.480. The monoisotopic (exact) mass is 611 g/mol. The average Bonchev–Trinajstić information content (AvgIpc) is 3.76. The van der Waals surface area contributed by atoms with Crippen LogP contribution >= 0.6 is 0 Å². The maximum atomic E-state index is 13.7. The molecule has 0 spiro atoms. The summed E-state index contributed by atoms with van der Waals surface area (Å²) in [6.45, 7) is 3.10. The SMILES string of the molecule is C[C@H](C(=O)O)C(c1ccc2c(c1)OC(C1C3COCC1CN(Cc1cc(C(F)(F)F)ccc1C(F)(F)F)C3)CC2)C1CC1. The van der Waals surface area contributed by atoms with Crippen molar-refractivity contribution in [2.45, 2.75) is 63.5 Å². The van der Waals surface area contributed by atoms with Crippen LogP contribution in [0.25, 0.3) is 0 Å². The van der Waals surface area contributed by atoms with Gasteiger partial charge in [-0.3, -0.25) is 9.69 Å². The first kappa shape index (κ1) is 30.2. The summed E-state index contributed by atoms with van der Waals surface area (Å²) in [7, 11) is 0. The van der Waals surface area contributed by atoms with Gasteiger partial charge in [0.05, 0.1) is 30.3 Å². The zero-order valence-electron chi connectivity index (χ0n) is 23.8. The topological polar surface area (TPSA) is 59.0 Å². The molecule has 0 aromatic heterocycles. The highest BCUT2D eigenvalue weighted by Crippen LogP contribution is 2.49. The summed E-state index contributed by atoms with van der Waals surface area (Å²) < 4.78 is 93.7. The van der Waals surface area contributed by atoms with E-state index in [1.54, 1.807) is 6.92 Å². The minimum atomic E-state index is -4.76. The number of halogens is 6.